The maximum atomic E-state index is 10.3. The molecule has 0 radical (unpaired) electrons. The van der Waals surface area contributed by atoms with Gasteiger partial charge in [0.25, 0.3) is 0 Å². The molecule has 0 aliphatic carbocycles. The van der Waals surface area contributed by atoms with Crippen LogP contribution >= 0.6 is 0 Å². The van der Waals surface area contributed by atoms with Gasteiger partial charge in [0.15, 0.2) is 0 Å². The van der Waals surface area contributed by atoms with Gasteiger partial charge in [-0.05, 0) is 23.8 Å². The van der Waals surface area contributed by atoms with Crippen molar-refractivity contribution in [3.63, 3.8) is 0 Å². The predicted octanol–water partition coefficient (Wildman–Crippen LogP) is 1.19. The third-order valence-corrected chi connectivity index (χ3v) is 3.18. The van der Waals surface area contributed by atoms with Gasteiger partial charge in [0, 0.05) is 18.0 Å². The van der Waals surface area contributed by atoms with E-state index in [-0.39, 0.29) is 17.9 Å². The highest BCUT2D eigenvalue weighted by Crippen LogP contribution is 2.24. The van der Waals surface area contributed by atoms with Gasteiger partial charge >= 0.3 is 0 Å². The largest absolute Gasteiger partial charge is 0.550 e. The van der Waals surface area contributed by atoms with Gasteiger partial charge in [0.2, 0.25) is 0 Å². The lowest BCUT2D eigenvalue weighted by Gasteiger charge is -2.19. The Morgan fingerprint density at radius 2 is 1.83 bits per heavy atom. The van der Waals surface area contributed by atoms with Gasteiger partial charge in [-0.25, -0.2) is 0 Å². The maximum absolute atomic E-state index is 10.3. The molecular formula is C15H23NO2. The fourth-order valence-electron chi connectivity index (χ4n) is 1.91. The first kappa shape index (κ1) is 14.7. The third-order valence-electron chi connectivity index (χ3n) is 3.18. The number of benzene rings is 1. The summed E-state index contributed by atoms with van der Waals surface area (Å²) in [5.41, 5.74) is 6.71. The molecule has 0 spiro atoms. The molecule has 1 aromatic carbocycles. The van der Waals surface area contributed by atoms with Crippen LogP contribution in [0.3, 0.4) is 0 Å². The van der Waals surface area contributed by atoms with Crippen LogP contribution < -0.4 is 10.8 Å². The standard InChI is InChI=1S/C15H23NO2/c1-15(2,3)12-9-7-11(8-10-12)13(16)5-4-6-14(17)18/h7-10,13H,4-6,16H2,1-3H3,(H,17,18)/t13-/m0/s1. The Kier molecular flexibility index (Phi) is 4.91. The lowest BCUT2D eigenvalue weighted by Crippen LogP contribution is -2.53. The molecule has 0 aromatic heterocycles. The normalized spacial score (nSPS) is 13.3. The van der Waals surface area contributed by atoms with Crippen LogP contribution in [-0.2, 0) is 10.2 Å². The van der Waals surface area contributed by atoms with Crippen molar-refractivity contribution in [1.82, 2.24) is 0 Å². The highest BCUT2D eigenvalue weighted by molar-refractivity contribution is 5.64. The number of hydrogen-bond acceptors (Lipinski definition) is 2. The summed E-state index contributed by atoms with van der Waals surface area (Å²) in [5, 5.41) is 10.3. The van der Waals surface area contributed by atoms with Crippen molar-refractivity contribution in [3.8, 4) is 0 Å². The second kappa shape index (κ2) is 6.01. The van der Waals surface area contributed by atoms with Gasteiger partial charge in [-0.3, -0.25) is 0 Å². The molecule has 100 valence electrons. The molecule has 1 atom stereocenters. The minimum absolute atomic E-state index is 0.117. The van der Waals surface area contributed by atoms with Crippen LogP contribution in [0.4, 0.5) is 0 Å². The van der Waals surface area contributed by atoms with E-state index in [9.17, 15) is 9.90 Å². The van der Waals surface area contributed by atoms with Crippen LogP contribution in [0.2, 0.25) is 0 Å². The van der Waals surface area contributed by atoms with Gasteiger partial charge in [0.1, 0.15) is 6.04 Å². The van der Waals surface area contributed by atoms with Crippen molar-refractivity contribution in [2.75, 3.05) is 0 Å². The molecule has 3 nitrogen and oxygen atoms in total. The number of aliphatic carboxylic acids is 1. The average molecular weight is 249 g/mol. The lowest BCUT2D eigenvalue weighted by molar-refractivity contribution is -0.428. The molecule has 0 saturated carbocycles. The summed E-state index contributed by atoms with van der Waals surface area (Å²) in [6.07, 6.45) is 1.52. The monoisotopic (exact) mass is 249 g/mol. The summed E-state index contributed by atoms with van der Waals surface area (Å²) in [4.78, 5) is 10.3. The van der Waals surface area contributed by atoms with E-state index < -0.39 is 5.97 Å². The van der Waals surface area contributed by atoms with Crippen molar-refractivity contribution in [1.29, 1.82) is 0 Å². The fraction of sp³-hybridized carbons (Fsp3) is 0.533. The Hall–Kier alpha value is -1.35. The fourth-order valence-corrected chi connectivity index (χ4v) is 1.91. The van der Waals surface area contributed by atoms with Crippen LogP contribution in [0.1, 0.15) is 57.2 Å². The molecule has 0 unspecified atom stereocenters. The van der Waals surface area contributed by atoms with Crippen molar-refractivity contribution >= 4 is 5.97 Å². The molecule has 0 aliphatic rings. The van der Waals surface area contributed by atoms with Crippen LogP contribution in [0, 0.1) is 0 Å². The van der Waals surface area contributed by atoms with E-state index in [1.165, 1.54) is 11.1 Å². The zero-order valence-corrected chi connectivity index (χ0v) is 11.5. The number of carbonyl (C=O) groups excluding carboxylic acids is 1. The molecule has 0 amide bonds. The van der Waals surface area contributed by atoms with Crippen LogP contribution in [0.15, 0.2) is 24.3 Å². The molecule has 3 heteroatoms. The first-order chi connectivity index (χ1) is 8.30. The minimum Gasteiger partial charge on any atom is -0.550 e. The Bertz CT molecular complexity index is 390. The Morgan fingerprint density at radius 3 is 2.28 bits per heavy atom. The molecule has 0 aliphatic heterocycles. The molecule has 0 bridgehead atoms. The minimum atomic E-state index is -0.981. The second-order valence-corrected chi connectivity index (χ2v) is 5.83. The van der Waals surface area contributed by atoms with Gasteiger partial charge in [-0.1, -0.05) is 45.0 Å². The van der Waals surface area contributed by atoms with Gasteiger partial charge < -0.3 is 15.6 Å². The molecule has 0 heterocycles. The number of hydrogen-bond donors (Lipinski definition) is 1. The number of quaternary nitrogens is 1. The van der Waals surface area contributed by atoms with Crippen molar-refractivity contribution in [2.24, 2.45) is 0 Å². The molecular weight excluding hydrogens is 226 g/mol. The first-order valence-electron chi connectivity index (χ1n) is 6.44. The van der Waals surface area contributed by atoms with E-state index in [4.69, 9.17) is 0 Å². The molecule has 1 rings (SSSR count). The molecule has 1 aromatic rings. The zero-order chi connectivity index (χ0) is 13.8. The van der Waals surface area contributed by atoms with Crippen LogP contribution in [-0.4, -0.2) is 5.97 Å². The smallest absolute Gasteiger partial charge is 0.110 e. The van der Waals surface area contributed by atoms with E-state index in [0.29, 0.717) is 6.42 Å². The maximum Gasteiger partial charge on any atom is 0.110 e. The van der Waals surface area contributed by atoms with E-state index in [1.54, 1.807) is 0 Å². The number of carboxylic acid groups (broad SMARTS) is 1. The molecule has 3 N–H and O–H groups in total. The summed E-state index contributed by atoms with van der Waals surface area (Å²) in [6, 6.07) is 8.60. The molecule has 0 fully saturated rings. The van der Waals surface area contributed by atoms with Gasteiger partial charge in [-0.15, -0.1) is 0 Å². The molecule has 0 saturated heterocycles. The SMILES string of the molecule is CC(C)(C)c1ccc([C@@H]([NH3+])CCCC(=O)[O-])cc1. The Labute approximate surface area is 109 Å². The Morgan fingerprint density at radius 1 is 1.28 bits per heavy atom. The van der Waals surface area contributed by atoms with Gasteiger partial charge in [-0.2, -0.15) is 0 Å². The second-order valence-electron chi connectivity index (χ2n) is 5.83. The highest BCUT2D eigenvalue weighted by atomic mass is 16.4. The first-order valence-corrected chi connectivity index (χ1v) is 6.44. The van der Waals surface area contributed by atoms with E-state index in [1.807, 2.05) is 0 Å². The van der Waals surface area contributed by atoms with E-state index >= 15 is 0 Å². The van der Waals surface area contributed by atoms with E-state index in [2.05, 4.69) is 50.8 Å². The van der Waals surface area contributed by atoms with Crippen molar-refractivity contribution in [3.05, 3.63) is 35.4 Å². The zero-order valence-electron chi connectivity index (χ0n) is 11.5. The van der Waals surface area contributed by atoms with Crippen molar-refractivity contribution < 1.29 is 15.6 Å². The van der Waals surface area contributed by atoms with E-state index in [0.717, 1.165) is 6.42 Å². The number of carbonyl (C=O) groups is 1. The van der Waals surface area contributed by atoms with Crippen LogP contribution in [0.25, 0.3) is 0 Å². The lowest BCUT2D eigenvalue weighted by atomic mass is 9.86. The number of carboxylic acids is 1. The predicted molar refractivity (Wildman–Crippen MR) is 69.6 cm³/mol. The summed E-state index contributed by atoms with van der Waals surface area (Å²) >= 11 is 0. The Balaban J connectivity index is 2.59. The quantitative estimate of drug-likeness (QED) is 0.851. The molecule has 18 heavy (non-hydrogen) atoms. The van der Waals surface area contributed by atoms with Crippen LogP contribution in [0.5, 0.6) is 0 Å². The van der Waals surface area contributed by atoms with Gasteiger partial charge in [0.05, 0.1) is 0 Å². The topological polar surface area (TPSA) is 67.8 Å². The summed E-state index contributed by atoms with van der Waals surface area (Å²) in [6.45, 7) is 6.55. The average Bonchev–Trinajstić information content (AvgIpc) is 2.27. The van der Waals surface area contributed by atoms with Crippen molar-refractivity contribution in [2.45, 2.75) is 51.5 Å². The summed E-state index contributed by atoms with van der Waals surface area (Å²) < 4.78 is 0. The summed E-state index contributed by atoms with van der Waals surface area (Å²) in [7, 11) is 0. The third kappa shape index (κ3) is 4.49. The summed E-state index contributed by atoms with van der Waals surface area (Å²) in [5.74, 6) is -0.981. The highest BCUT2D eigenvalue weighted by Gasteiger charge is 2.15. The number of rotatable bonds is 5.